The second-order valence-corrected chi connectivity index (χ2v) is 6.15. The van der Waals surface area contributed by atoms with Crippen molar-refractivity contribution in [1.29, 1.82) is 0 Å². The molecule has 1 aromatic carbocycles. The van der Waals surface area contributed by atoms with E-state index in [1.54, 1.807) is 19.2 Å². The molecule has 1 heterocycles. The number of ether oxygens (including phenoxy) is 1. The Bertz CT molecular complexity index is 560. The van der Waals surface area contributed by atoms with Crippen molar-refractivity contribution in [2.75, 3.05) is 26.7 Å². The van der Waals surface area contributed by atoms with E-state index in [4.69, 9.17) is 4.74 Å². The van der Waals surface area contributed by atoms with Crippen molar-refractivity contribution >= 4 is 5.96 Å². The summed E-state index contributed by atoms with van der Waals surface area (Å²) in [6, 6.07) is 6.68. The lowest BCUT2D eigenvalue weighted by atomic mass is 10.0. The molecular weight excluding hydrogens is 319 g/mol. The van der Waals surface area contributed by atoms with Crippen LogP contribution in [0.15, 0.2) is 29.3 Å². The molecule has 1 fully saturated rings. The molecule has 0 aliphatic carbocycles. The van der Waals surface area contributed by atoms with Crippen LogP contribution < -0.4 is 10.1 Å². The Labute approximate surface area is 140 Å². The van der Waals surface area contributed by atoms with E-state index < -0.39 is 12.8 Å². The number of alkyl halides is 3. The summed E-state index contributed by atoms with van der Waals surface area (Å²) in [7, 11) is 1.74. The van der Waals surface area contributed by atoms with Gasteiger partial charge in [-0.2, -0.15) is 13.2 Å². The van der Waals surface area contributed by atoms with Gasteiger partial charge in [0.25, 0.3) is 0 Å². The van der Waals surface area contributed by atoms with Crippen LogP contribution in [0.4, 0.5) is 13.2 Å². The summed E-state index contributed by atoms with van der Waals surface area (Å²) in [5.74, 6) is 1.67. The summed E-state index contributed by atoms with van der Waals surface area (Å²) in [5.41, 5.74) is 0.848. The number of likely N-dealkylation sites (tertiary alicyclic amines) is 1. The van der Waals surface area contributed by atoms with Gasteiger partial charge in [-0.3, -0.25) is 4.99 Å². The zero-order valence-corrected chi connectivity index (χ0v) is 14.1. The minimum atomic E-state index is -4.33. The summed E-state index contributed by atoms with van der Waals surface area (Å²) in [4.78, 5) is 6.52. The van der Waals surface area contributed by atoms with E-state index in [1.165, 1.54) is 12.5 Å². The van der Waals surface area contributed by atoms with Gasteiger partial charge in [0.15, 0.2) is 12.6 Å². The Morgan fingerprint density at radius 3 is 2.88 bits per heavy atom. The van der Waals surface area contributed by atoms with E-state index in [2.05, 4.69) is 22.1 Å². The quantitative estimate of drug-likeness (QED) is 0.672. The van der Waals surface area contributed by atoms with Gasteiger partial charge in [0.1, 0.15) is 5.75 Å². The summed E-state index contributed by atoms with van der Waals surface area (Å²) in [6.45, 7) is 3.37. The first-order valence-corrected chi connectivity index (χ1v) is 8.11. The van der Waals surface area contributed by atoms with Crippen molar-refractivity contribution in [2.24, 2.45) is 10.9 Å². The molecule has 1 aliphatic rings. The maximum absolute atomic E-state index is 12.2. The molecule has 0 saturated carbocycles. The van der Waals surface area contributed by atoms with Crippen LogP contribution in [-0.2, 0) is 6.54 Å². The molecule has 0 spiro atoms. The number of rotatable bonds is 4. The molecule has 0 aromatic heterocycles. The molecule has 4 nitrogen and oxygen atoms in total. The lowest BCUT2D eigenvalue weighted by molar-refractivity contribution is -0.153. The van der Waals surface area contributed by atoms with Crippen molar-refractivity contribution in [3.05, 3.63) is 29.8 Å². The minimum absolute atomic E-state index is 0.216. The topological polar surface area (TPSA) is 36.9 Å². The lowest BCUT2D eigenvalue weighted by Crippen LogP contribution is -2.45. The Kier molecular flexibility index (Phi) is 6.34. The standard InChI is InChI=1S/C17H24F3N3O/c1-13-5-4-8-23(11-13)16(21-2)22-10-14-6-3-7-15(9-14)24-12-17(18,19)20/h3,6-7,9,13H,4-5,8,10-12H2,1-2H3,(H,21,22). The van der Waals surface area contributed by atoms with Gasteiger partial charge in [0.05, 0.1) is 0 Å². The Morgan fingerprint density at radius 2 is 2.21 bits per heavy atom. The van der Waals surface area contributed by atoms with Crippen molar-refractivity contribution in [2.45, 2.75) is 32.5 Å². The van der Waals surface area contributed by atoms with Crippen LogP contribution in [-0.4, -0.2) is 43.8 Å². The van der Waals surface area contributed by atoms with Crippen LogP contribution in [0.2, 0.25) is 0 Å². The number of piperidine rings is 1. The molecule has 134 valence electrons. The third kappa shape index (κ3) is 5.94. The zero-order chi connectivity index (χ0) is 17.6. The highest BCUT2D eigenvalue weighted by atomic mass is 19.4. The maximum Gasteiger partial charge on any atom is 0.422 e. The summed E-state index contributed by atoms with van der Waals surface area (Å²) in [6.07, 6.45) is -1.96. The van der Waals surface area contributed by atoms with Gasteiger partial charge >= 0.3 is 6.18 Å². The fourth-order valence-corrected chi connectivity index (χ4v) is 2.81. The fraction of sp³-hybridized carbons (Fsp3) is 0.588. The molecule has 0 radical (unpaired) electrons. The molecule has 1 unspecified atom stereocenters. The van der Waals surface area contributed by atoms with Gasteiger partial charge < -0.3 is 15.0 Å². The molecule has 2 rings (SSSR count). The molecule has 1 N–H and O–H groups in total. The SMILES string of the molecule is CN=C(NCc1cccc(OCC(F)(F)F)c1)N1CCCC(C)C1. The van der Waals surface area contributed by atoms with E-state index in [9.17, 15) is 13.2 Å². The highest BCUT2D eigenvalue weighted by Crippen LogP contribution is 2.20. The number of guanidine groups is 1. The first-order chi connectivity index (χ1) is 11.4. The summed E-state index contributed by atoms with van der Waals surface area (Å²) < 4.78 is 41.4. The van der Waals surface area contributed by atoms with Crippen LogP contribution in [0.25, 0.3) is 0 Å². The Balaban J connectivity index is 1.90. The van der Waals surface area contributed by atoms with E-state index in [-0.39, 0.29) is 5.75 Å². The number of nitrogens with one attached hydrogen (secondary N) is 1. The van der Waals surface area contributed by atoms with Gasteiger partial charge in [-0.15, -0.1) is 0 Å². The highest BCUT2D eigenvalue weighted by Gasteiger charge is 2.28. The van der Waals surface area contributed by atoms with Crippen molar-refractivity contribution in [1.82, 2.24) is 10.2 Å². The normalized spacial score (nSPS) is 19.3. The van der Waals surface area contributed by atoms with Gasteiger partial charge in [-0.05, 0) is 36.5 Å². The summed E-state index contributed by atoms with van der Waals surface area (Å²) in [5, 5.41) is 3.27. The fourth-order valence-electron chi connectivity index (χ4n) is 2.81. The number of nitrogens with zero attached hydrogens (tertiary/aromatic N) is 2. The second kappa shape index (κ2) is 8.26. The number of hydrogen-bond donors (Lipinski definition) is 1. The third-order valence-corrected chi connectivity index (χ3v) is 3.92. The molecule has 1 atom stereocenters. The van der Waals surface area contributed by atoms with E-state index >= 15 is 0 Å². The van der Waals surface area contributed by atoms with E-state index in [1.807, 2.05) is 6.07 Å². The minimum Gasteiger partial charge on any atom is -0.484 e. The van der Waals surface area contributed by atoms with Crippen molar-refractivity contribution in [3.63, 3.8) is 0 Å². The Hall–Kier alpha value is -1.92. The van der Waals surface area contributed by atoms with Gasteiger partial charge in [-0.1, -0.05) is 19.1 Å². The van der Waals surface area contributed by atoms with E-state index in [0.717, 1.165) is 31.0 Å². The maximum atomic E-state index is 12.2. The molecule has 24 heavy (non-hydrogen) atoms. The van der Waals surface area contributed by atoms with Crippen LogP contribution in [0.1, 0.15) is 25.3 Å². The number of halogens is 3. The van der Waals surface area contributed by atoms with Crippen LogP contribution >= 0.6 is 0 Å². The average Bonchev–Trinajstić information content (AvgIpc) is 2.53. The number of hydrogen-bond acceptors (Lipinski definition) is 2. The van der Waals surface area contributed by atoms with Crippen LogP contribution in [0.5, 0.6) is 5.75 Å². The van der Waals surface area contributed by atoms with Gasteiger partial charge in [0.2, 0.25) is 0 Å². The molecule has 0 amide bonds. The largest absolute Gasteiger partial charge is 0.484 e. The molecule has 1 aromatic rings. The van der Waals surface area contributed by atoms with Gasteiger partial charge in [-0.25, -0.2) is 0 Å². The Morgan fingerprint density at radius 1 is 1.42 bits per heavy atom. The van der Waals surface area contributed by atoms with E-state index in [0.29, 0.717) is 12.5 Å². The second-order valence-electron chi connectivity index (χ2n) is 6.15. The first-order valence-electron chi connectivity index (χ1n) is 8.11. The molecule has 1 saturated heterocycles. The average molecular weight is 343 g/mol. The van der Waals surface area contributed by atoms with Crippen LogP contribution in [0.3, 0.4) is 0 Å². The van der Waals surface area contributed by atoms with Crippen LogP contribution in [0, 0.1) is 5.92 Å². The lowest BCUT2D eigenvalue weighted by Gasteiger charge is -2.33. The molecule has 7 heteroatoms. The predicted octanol–water partition coefficient (Wildman–Crippen LogP) is 3.44. The highest BCUT2D eigenvalue weighted by molar-refractivity contribution is 5.80. The number of benzene rings is 1. The van der Waals surface area contributed by atoms with Crippen molar-refractivity contribution in [3.8, 4) is 5.75 Å². The predicted molar refractivity (Wildman–Crippen MR) is 88.2 cm³/mol. The molecule has 1 aliphatic heterocycles. The third-order valence-electron chi connectivity index (χ3n) is 3.92. The summed E-state index contributed by atoms with van der Waals surface area (Å²) >= 11 is 0. The molecule has 0 bridgehead atoms. The molecular formula is C17H24F3N3O. The van der Waals surface area contributed by atoms with Gasteiger partial charge in [0, 0.05) is 26.7 Å². The van der Waals surface area contributed by atoms with Crippen molar-refractivity contribution < 1.29 is 17.9 Å². The number of aliphatic imine (C=N–C) groups is 1. The first kappa shape index (κ1) is 18.4. The monoisotopic (exact) mass is 343 g/mol. The smallest absolute Gasteiger partial charge is 0.422 e. The zero-order valence-electron chi connectivity index (χ0n) is 14.1.